The van der Waals surface area contributed by atoms with Crippen LogP contribution in [-0.2, 0) is 4.74 Å². The van der Waals surface area contributed by atoms with Crippen LogP contribution in [0.5, 0.6) is 0 Å². The Labute approximate surface area is 131 Å². The zero-order chi connectivity index (χ0) is 14.7. The van der Waals surface area contributed by atoms with Crippen molar-refractivity contribution in [2.24, 2.45) is 11.8 Å². The van der Waals surface area contributed by atoms with Gasteiger partial charge >= 0.3 is 6.09 Å². The summed E-state index contributed by atoms with van der Waals surface area (Å²) in [6.45, 7) is 0. The van der Waals surface area contributed by atoms with Crippen molar-refractivity contribution in [3.05, 3.63) is 29.3 Å². The highest BCUT2D eigenvalue weighted by atomic mass is 35.5. The molecule has 1 N–H and O–H groups in total. The van der Waals surface area contributed by atoms with Crippen molar-refractivity contribution in [2.45, 2.75) is 51.0 Å². The summed E-state index contributed by atoms with van der Waals surface area (Å²) in [5, 5.41) is 3.43. The Morgan fingerprint density at radius 1 is 1.05 bits per heavy atom. The number of rotatable bonds is 2. The summed E-state index contributed by atoms with van der Waals surface area (Å²) in [4.78, 5) is 12.0. The maximum atomic E-state index is 12.0. The number of fused-ring (bicyclic) bond motifs is 1. The maximum absolute atomic E-state index is 12.0. The van der Waals surface area contributed by atoms with Crippen LogP contribution in [0.25, 0.3) is 0 Å². The number of carbonyl (C=O) groups excluding carboxylic acids is 1. The van der Waals surface area contributed by atoms with Crippen LogP contribution in [0, 0.1) is 11.8 Å². The van der Waals surface area contributed by atoms with Gasteiger partial charge in [-0.2, -0.15) is 0 Å². The van der Waals surface area contributed by atoms with Crippen LogP contribution in [0.2, 0.25) is 5.02 Å². The normalized spacial score (nSPS) is 28.5. The van der Waals surface area contributed by atoms with Crippen LogP contribution in [0.15, 0.2) is 24.3 Å². The number of halogens is 1. The van der Waals surface area contributed by atoms with Gasteiger partial charge in [-0.3, -0.25) is 5.32 Å². The summed E-state index contributed by atoms with van der Waals surface area (Å²) >= 11 is 5.82. The first kappa shape index (κ1) is 14.7. The molecule has 0 aromatic heterocycles. The average molecular weight is 308 g/mol. The van der Waals surface area contributed by atoms with Crippen molar-refractivity contribution in [1.82, 2.24) is 0 Å². The predicted molar refractivity (Wildman–Crippen MR) is 84.6 cm³/mol. The fourth-order valence-corrected chi connectivity index (χ4v) is 3.90. The number of anilines is 1. The van der Waals surface area contributed by atoms with Crippen molar-refractivity contribution in [3.8, 4) is 0 Å². The van der Waals surface area contributed by atoms with E-state index in [1.165, 1.54) is 32.1 Å². The standard InChI is InChI=1S/C17H22ClNO2/c18-14-6-8-15(9-7-14)19-17(20)21-16-10-5-12-3-1-2-4-13(12)11-16/h6-9,12-13,16H,1-5,10-11H2,(H,19,20)/t12-,13+,16-/m0/s1. The lowest BCUT2D eigenvalue weighted by Crippen LogP contribution is -2.33. The molecule has 2 aliphatic carbocycles. The van der Waals surface area contributed by atoms with Crippen molar-refractivity contribution in [2.75, 3.05) is 5.32 Å². The first-order valence-electron chi connectivity index (χ1n) is 7.94. The summed E-state index contributed by atoms with van der Waals surface area (Å²) in [6.07, 6.45) is 8.39. The van der Waals surface area contributed by atoms with Gasteiger partial charge in [-0.05, 0) is 55.4 Å². The Hall–Kier alpha value is -1.22. The lowest BCUT2D eigenvalue weighted by atomic mass is 9.70. The highest BCUT2D eigenvalue weighted by molar-refractivity contribution is 6.30. The van der Waals surface area contributed by atoms with Gasteiger partial charge in [0.1, 0.15) is 6.10 Å². The minimum Gasteiger partial charge on any atom is -0.446 e. The van der Waals surface area contributed by atoms with Gasteiger partial charge in [0.2, 0.25) is 0 Å². The number of amides is 1. The van der Waals surface area contributed by atoms with Crippen molar-refractivity contribution in [1.29, 1.82) is 0 Å². The molecule has 0 saturated heterocycles. The molecule has 21 heavy (non-hydrogen) atoms. The van der Waals surface area contributed by atoms with E-state index < -0.39 is 0 Å². The van der Waals surface area contributed by atoms with Gasteiger partial charge in [0, 0.05) is 10.7 Å². The molecule has 3 atom stereocenters. The minimum absolute atomic E-state index is 0.0802. The van der Waals surface area contributed by atoms with E-state index in [4.69, 9.17) is 16.3 Å². The van der Waals surface area contributed by atoms with E-state index in [9.17, 15) is 4.79 Å². The van der Waals surface area contributed by atoms with Crippen molar-refractivity contribution in [3.63, 3.8) is 0 Å². The molecule has 0 spiro atoms. The molecule has 4 heteroatoms. The number of ether oxygens (including phenoxy) is 1. The third-order valence-corrected chi connectivity index (χ3v) is 5.11. The van der Waals surface area contributed by atoms with Gasteiger partial charge in [-0.25, -0.2) is 4.79 Å². The van der Waals surface area contributed by atoms with Crippen LogP contribution in [0.1, 0.15) is 44.9 Å². The predicted octanol–water partition coefficient (Wildman–Crippen LogP) is 5.25. The Morgan fingerprint density at radius 3 is 2.52 bits per heavy atom. The van der Waals surface area contributed by atoms with Crippen LogP contribution < -0.4 is 5.32 Å². The van der Waals surface area contributed by atoms with E-state index in [0.717, 1.165) is 30.4 Å². The molecule has 2 aliphatic rings. The number of benzene rings is 1. The number of carbonyl (C=O) groups is 1. The monoisotopic (exact) mass is 307 g/mol. The first-order chi connectivity index (χ1) is 10.2. The second kappa shape index (κ2) is 6.69. The molecule has 1 aromatic carbocycles. The molecule has 0 radical (unpaired) electrons. The second-order valence-electron chi connectivity index (χ2n) is 6.28. The number of nitrogens with one attached hydrogen (secondary N) is 1. The van der Waals surface area contributed by atoms with E-state index in [2.05, 4.69) is 5.32 Å². The topological polar surface area (TPSA) is 38.3 Å². The maximum Gasteiger partial charge on any atom is 0.411 e. The summed E-state index contributed by atoms with van der Waals surface area (Å²) in [7, 11) is 0. The SMILES string of the molecule is O=C(Nc1ccc(Cl)cc1)O[C@H]1CC[C@@H]2CCCC[C@@H]2C1. The van der Waals surface area contributed by atoms with Crippen LogP contribution in [-0.4, -0.2) is 12.2 Å². The van der Waals surface area contributed by atoms with Crippen molar-refractivity contribution >= 4 is 23.4 Å². The number of hydrogen-bond donors (Lipinski definition) is 1. The Balaban J connectivity index is 1.49. The molecule has 0 bridgehead atoms. The third-order valence-electron chi connectivity index (χ3n) is 4.86. The summed E-state index contributed by atoms with van der Waals surface area (Å²) in [6, 6.07) is 7.07. The largest absolute Gasteiger partial charge is 0.446 e. The zero-order valence-corrected chi connectivity index (χ0v) is 12.9. The van der Waals surface area contributed by atoms with Gasteiger partial charge in [0.15, 0.2) is 0 Å². The Kier molecular flexibility index (Phi) is 4.69. The summed E-state index contributed by atoms with van der Waals surface area (Å²) in [5.41, 5.74) is 0.718. The van der Waals surface area contributed by atoms with Crippen LogP contribution in [0.4, 0.5) is 10.5 Å². The highest BCUT2D eigenvalue weighted by Gasteiger charge is 2.33. The van der Waals surface area contributed by atoms with Gasteiger partial charge < -0.3 is 4.74 Å². The molecule has 1 amide bonds. The molecule has 3 rings (SSSR count). The van der Waals surface area contributed by atoms with E-state index in [0.29, 0.717) is 5.02 Å². The Bertz CT molecular complexity index is 488. The van der Waals surface area contributed by atoms with Gasteiger partial charge in [-0.15, -0.1) is 0 Å². The third kappa shape index (κ3) is 3.91. The fraction of sp³-hybridized carbons (Fsp3) is 0.588. The summed E-state index contributed by atoms with van der Waals surface area (Å²) < 4.78 is 5.59. The lowest BCUT2D eigenvalue weighted by Gasteiger charge is -2.38. The molecule has 3 nitrogen and oxygen atoms in total. The van der Waals surface area contributed by atoms with Gasteiger partial charge in [0.25, 0.3) is 0 Å². The molecule has 1 aromatic rings. The quantitative estimate of drug-likeness (QED) is 0.810. The summed E-state index contributed by atoms with van der Waals surface area (Å²) in [5.74, 6) is 1.64. The molecule has 114 valence electrons. The van der Waals surface area contributed by atoms with E-state index >= 15 is 0 Å². The minimum atomic E-state index is -0.350. The van der Waals surface area contributed by atoms with Gasteiger partial charge in [0.05, 0.1) is 0 Å². The van der Waals surface area contributed by atoms with E-state index in [-0.39, 0.29) is 12.2 Å². The molecule has 0 aliphatic heterocycles. The van der Waals surface area contributed by atoms with Crippen molar-refractivity contribution < 1.29 is 9.53 Å². The molecule has 2 fully saturated rings. The molecular formula is C17H22ClNO2. The molecule has 0 heterocycles. The molecular weight excluding hydrogens is 286 g/mol. The highest BCUT2D eigenvalue weighted by Crippen LogP contribution is 2.41. The lowest BCUT2D eigenvalue weighted by molar-refractivity contribution is 0.0339. The van der Waals surface area contributed by atoms with Crippen LogP contribution in [0.3, 0.4) is 0 Å². The average Bonchev–Trinajstić information content (AvgIpc) is 2.49. The van der Waals surface area contributed by atoms with E-state index in [1.54, 1.807) is 24.3 Å². The van der Waals surface area contributed by atoms with Crippen LogP contribution >= 0.6 is 11.6 Å². The van der Waals surface area contributed by atoms with Gasteiger partial charge in [-0.1, -0.05) is 37.3 Å². The molecule has 2 saturated carbocycles. The zero-order valence-electron chi connectivity index (χ0n) is 12.2. The van der Waals surface area contributed by atoms with E-state index in [1.807, 2.05) is 0 Å². The number of hydrogen-bond acceptors (Lipinski definition) is 2. The fourth-order valence-electron chi connectivity index (χ4n) is 3.77. The first-order valence-corrected chi connectivity index (χ1v) is 8.32. The Morgan fingerprint density at radius 2 is 1.76 bits per heavy atom. The second-order valence-corrected chi connectivity index (χ2v) is 6.71. The molecule has 0 unspecified atom stereocenters. The smallest absolute Gasteiger partial charge is 0.411 e.